The van der Waals surface area contributed by atoms with Crippen molar-refractivity contribution in [2.24, 2.45) is 5.92 Å². The molecule has 2 aromatic rings. The van der Waals surface area contributed by atoms with Crippen molar-refractivity contribution < 1.29 is 4.52 Å². The average molecular weight is 298 g/mol. The van der Waals surface area contributed by atoms with Crippen LogP contribution in [0.3, 0.4) is 0 Å². The third-order valence-electron chi connectivity index (χ3n) is 2.43. The van der Waals surface area contributed by atoms with Crippen LogP contribution in [-0.2, 0) is 12.2 Å². The van der Waals surface area contributed by atoms with Crippen LogP contribution in [0.25, 0.3) is 0 Å². The van der Waals surface area contributed by atoms with Crippen LogP contribution >= 0.6 is 23.4 Å². The molecule has 0 atom stereocenters. The van der Waals surface area contributed by atoms with Gasteiger partial charge in [-0.15, -0.1) is 11.8 Å². The maximum Gasteiger partial charge on any atom is 0.226 e. The molecule has 102 valence electrons. The van der Waals surface area contributed by atoms with Gasteiger partial charge in [0.15, 0.2) is 5.82 Å². The Morgan fingerprint density at radius 1 is 1.42 bits per heavy atom. The number of benzene rings is 1. The van der Waals surface area contributed by atoms with Gasteiger partial charge < -0.3 is 10.3 Å². The highest BCUT2D eigenvalue weighted by Gasteiger charge is 2.09. The summed E-state index contributed by atoms with van der Waals surface area (Å²) in [5.74, 6) is 2.49. The molecular formula is C13H16ClN3OS. The molecule has 1 aromatic heterocycles. The number of nitrogens with zero attached hydrogens (tertiary/aromatic N) is 2. The molecule has 0 aliphatic heterocycles. The van der Waals surface area contributed by atoms with E-state index >= 15 is 0 Å². The van der Waals surface area contributed by atoms with Gasteiger partial charge in [-0.05, 0) is 24.1 Å². The van der Waals surface area contributed by atoms with Gasteiger partial charge in [-0.1, -0.05) is 30.6 Å². The number of aromatic nitrogens is 2. The van der Waals surface area contributed by atoms with Gasteiger partial charge in [0.1, 0.15) is 0 Å². The molecule has 0 fully saturated rings. The summed E-state index contributed by atoms with van der Waals surface area (Å²) in [6.45, 7) is 4.23. The van der Waals surface area contributed by atoms with E-state index in [4.69, 9.17) is 21.9 Å². The number of halogens is 1. The van der Waals surface area contributed by atoms with Crippen LogP contribution in [0.2, 0.25) is 5.02 Å². The first-order valence-electron chi connectivity index (χ1n) is 6.04. The highest BCUT2D eigenvalue weighted by Crippen LogP contribution is 2.29. The van der Waals surface area contributed by atoms with E-state index in [0.29, 0.717) is 34.1 Å². The van der Waals surface area contributed by atoms with Gasteiger partial charge in [-0.2, -0.15) is 4.98 Å². The number of hydrogen-bond acceptors (Lipinski definition) is 5. The third-order valence-corrected chi connectivity index (χ3v) is 3.73. The standard InChI is InChI=1S/C13H16ClN3OS/c1-8(2)5-13-16-12(17-18-13)7-19-11-6-9(14)3-4-10(11)15/h3-4,6,8H,5,7,15H2,1-2H3. The van der Waals surface area contributed by atoms with E-state index in [1.807, 2.05) is 6.07 Å². The van der Waals surface area contributed by atoms with E-state index in [9.17, 15) is 0 Å². The summed E-state index contributed by atoms with van der Waals surface area (Å²) in [4.78, 5) is 5.28. The minimum Gasteiger partial charge on any atom is -0.398 e. The number of rotatable bonds is 5. The minimum absolute atomic E-state index is 0.504. The molecule has 6 heteroatoms. The molecule has 0 unspecified atom stereocenters. The number of hydrogen-bond donors (Lipinski definition) is 1. The molecule has 0 spiro atoms. The van der Waals surface area contributed by atoms with Crippen molar-refractivity contribution in [1.29, 1.82) is 0 Å². The largest absolute Gasteiger partial charge is 0.398 e. The molecule has 4 nitrogen and oxygen atoms in total. The highest BCUT2D eigenvalue weighted by molar-refractivity contribution is 7.98. The zero-order valence-electron chi connectivity index (χ0n) is 10.9. The Balaban J connectivity index is 1.98. The Hall–Kier alpha value is -1.20. The molecule has 0 radical (unpaired) electrons. The van der Waals surface area contributed by atoms with E-state index < -0.39 is 0 Å². The Morgan fingerprint density at radius 3 is 2.95 bits per heavy atom. The number of anilines is 1. The lowest BCUT2D eigenvalue weighted by molar-refractivity contribution is 0.360. The molecule has 19 heavy (non-hydrogen) atoms. The molecule has 0 bridgehead atoms. The Kier molecular flexibility index (Phi) is 4.71. The fourth-order valence-electron chi connectivity index (χ4n) is 1.56. The number of thioether (sulfide) groups is 1. The first-order valence-corrected chi connectivity index (χ1v) is 7.40. The van der Waals surface area contributed by atoms with Crippen molar-refractivity contribution in [2.45, 2.75) is 30.9 Å². The quantitative estimate of drug-likeness (QED) is 0.672. The zero-order valence-corrected chi connectivity index (χ0v) is 12.5. The van der Waals surface area contributed by atoms with Crippen LogP contribution in [0.15, 0.2) is 27.6 Å². The second-order valence-corrected chi connectivity index (χ2v) is 6.13. The smallest absolute Gasteiger partial charge is 0.226 e. The summed E-state index contributed by atoms with van der Waals surface area (Å²) in [6.07, 6.45) is 0.803. The molecule has 2 rings (SSSR count). The number of nitrogen functional groups attached to an aromatic ring is 1. The van der Waals surface area contributed by atoms with Crippen LogP contribution in [0, 0.1) is 5.92 Å². The first-order chi connectivity index (χ1) is 9.04. The summed E-state index contributed by atoms with van der Waals surface area (Å²) in [6, 6.07) is 5.41. The maximum atomic E-state index is 5.94. The van der Waals surface area contributed by atoms with Crippen molar-refractivity contribution in [1.82, 2.24) is 10.1 Å². The van der Waals surface area contributed by atoms with Gasteiger partial charge in [-0.25, -0.2) is 0 Å². The monoisotopic (exact) mass is 297 g/mol. The summed E-state index contributed by atoms with van der Waals surface area (Å²) < 4.78 is 5.19. The van der Waals surface area contributed by atoms with E-state index in [2.05, 4.69) is 24.0 Å². The van der Waals surface area contributed by atoms with Crippen molar-refractivity contribution >= 4 is 29.1 Å². The molecule has 0 aliphatic rings. The lowest BCUT2D eigenvalue weighted by Gasteiger charge is -2.03. The maximum absolute atomic E-state index is 5.94. The predicted octanol–water partition coefficient (Wildman–Crippen LogP) is 3.80. The van der Waals surface area contributed by atoms with Crippen LogP contribution < -0.4 is 5.73 Å². The predicted molar refractivity (Wildman–Crippen MR) is 78.3 cm³/mol. The SMILES string of the molecule is CC(C)Cc1nc(CSc2cc(Cl)ccc2N)no1. The fourth-order valence-corrected chi connectivity index (χ4v) is 2.64. The second-order valence-electron chi connectivity index (χ2n) is 4.67. The van der Waals surface area contributed by atoms with Crippen LogP contribution in [0.1, 0.15) is 25.6 Å². The Morgan fingerprint density at radius 2 is 2.21 bits per heavy atom. The van der Waals surface area contributed by atoms with Crippen LogP contribution in [0.4, 0.5) is 5.69 Å². The average Bonchev–Trinajstić information content (AvgIpc) is 2.77. The van der Waals surface area contributed by atoms with Crippen molar-refractivity contribution in [3.8, 4) is 0 Å². The van der Waals surface area contributed by atoms with Gasteiger partial charge in [0, 0.05) is 22.0 Å². The minimum atomic E-state index is 0.504. The molecule has 0 saturated carbocycles. The summed E-state index contributed by atoms with van der Waals surface area (Å²) in [5.41, 5.74) is 6.59. The molecule has 2 N–H and O–H groups in total. The summed E-state index contributed by atoms with van der Waals surface area (Å²) >= 11 is 7.49. The lowest BCUT2D eigenvalue weighted by Crippen LogP contribution is -1.94. The van der Waals surface area contributed by atoms with E-state index in [1.54, 1.807) is 23.9 Å². The fraction of sp³-hybridized carbons (Fsp3) is 0.385. The summed E-state index contributed by atoms with van der Waals surface area (Å²) in [5, 5.41) is 4.63. The van der Waals surface area contributed by atoms with E-state index in [0.717, 1.165) is 11.3 Å². The Labute approximate surface area is 121 Å². The van der Waals surface area contributed by atoms with Crippen molar-refractivity contribution in [3.05, 3.63) is 34.9 Å². The number of nitrogens with two attached hydrogens (primary N) is 1. The van der Waals surface area contributed by atoms with Crippen molar-refractivity contribution in [2.75, 3.05) is 5.73 Å². The molecule has 0 aliphatic carbocycles. The van der Waals surface area contributed by atoms with Gasteiger partial charge >= 0.3 is 0 Å². The van der Waals surface area contributed by atoms with E-state index in [-0.39, 0.29) is 0 Å². The first kappa shape index (κ1) is 14.2. The normalized spacial score (nSPS) is 11.2. The Bertz CT molecular complexity index is 557. The second kappa shape index (κ2) is 6.30. The highest BCUT2D eigenvalue weighted by atomic mass is 35.5. The zero-order chi connectivity index (χ0) is 13.8. The van der Waals surface area contributed by atoms with Gasteiger partial charge in [-0.3, -0.25) is 0 Å². The van der Waals surface area contributed by atoms with Crippen LogP contribution in [-0.4, -0.2) is 10.1 Å². The lowest BCUT2D eigenvalue weighted by atomic mass is 10.1. The third kappa shape index (κ3) is 4.14. The molecule has 1 aromatic carbocycles. The molecule has 1 heterocycles. The molecule has 0 saturated heterocycles. The van der Waals surface area contributed by atoms with Crippen molar-refractivity contribution in [3.63, 3.8) is 0 Å². The van der Waals surface area contributed by atoms with Gasteiger partial charge in [0.05, 0.1) is 5.75 Å². The van der Waals surface area contributed by atoms with Gasteiger partial charge in [0.2, 0.25) is 5.89 Å². The van der Waals surface area contributed by atoms with Crippen LogP contribution in [0.5, 0.6) is 0 Å². The van der Waals surface area contributed by atoms with Gasteiger partial charge in [0.25, 0.3) is 0 Å². The molecule has 0 amide bonds. The summed E-state index contributed by atoms with van der Waals surface area (Å²) in [7, 11) is 0. The molecular weight excluding hydrogens is 282 g/mol. The topological polar surface area (TPSA) is 64.9 Å². The van der Waals surface area contributed by atoms with E-state index in [1.165, 1.54) is 0 Å².